The van der Waals surface area contributed by atoms with Crippen molar-refractivity contribution in [2.45, 2.75) is 90.3 Å². The zero-order chi connectivity index (χ0) is 19.2. The molecule has 1 heterocycles. The first-order chi connectivity index (χ1) is 13.0. The molecule has 3 aliphatic rings. The van der Waals surface area contributed by atoms with Gasteiger partial charge in [-0.3, -0.25) is 9.59 Å². The zero-order valence-electron chi connectivity index (χ0n) is 17.0. The summed E-state index contributed by atoms with van der Waals surface area (Å²) >= 11 is 0. The summed E-state index contributed by atoms with van der Waals surface area (Å²) < 4.78 is 16.3. The summed E-state index contributed by atoms with van der Waals surface area (Å²) in [6.45, 7) is 5.68. The van der Waals surface area contributed by atoms with Gasteiger partial charge in [0.05, 0.1) is 25.4 Å². The van der Waals surface area contributed by atoms with Gasteiger partial charge < -0.3 is 14.2 Å². The van der Waals surface area contributed by atoms with Crippen LogP contribution in [0.2, 0.25) is 0 Å². The second-order valence-electron chi connectivity index (χ2n) is 9.10. The van der Waals surface area contributed by atoms with Gasteiger partial charge in [-0.25, -0.2) is 0 Å². The van der Waals surface area contributed by atoms with Gasteiger partial charge in [-0.05, 0) is 68.6 Å². The molecule has 0 spiro atoms. The van der Waals surface area contributed by atoms with Crippen molar-refractivity contribution >= 4 is 11.9 Å². The third kappa shape index (κ3) is 6.78. The summed E-state index contributed by atoms with van der Waals surface area (Å²) in [4.78, 5) is 23.7. The molecule has 2 aliphatic carbocycles. The molecule has 1 saturated heterocycles. The molecule has 5 heteroatoms. The fourth-order valence-electron chi connectivity index (χ4n) is 4.55. The first-order valence-corrected chi connectivity index (χ1v) is 11.0. The normalized spacial score (nSPS) is 35.2. The number of epoxide rings is 1. The molecule has 6 unspecified atom stereocenters. The Hall–Kier alpha value is -1.10. The van der Waals surface area contributed by atoms with Crippen molar-refractivity contribution in [1.29, 1.82) is 0 Å². The number of fused-ring (bicyclic) bond motifs is 1. The molecule has 27 heavy (non-hydrogen) atoms. The van der Waals surface area contributed by atoms with Gasteiger partial charge in [0.1, 0.15) is 0 Å². The van der Waals surface area contributed by atoms with E-state index in [9.17, 15) is 9.59 Å². The van der Waals surface area contributed by atoms with E-state index in [0.717, 1.165) is 37.5 Å². The number of esters is 2. The SMILES string of the molecule is CC1CCC(COC(=O)CCCCC(=O)OCC2CCC3OC3C2)CC1C. The quantitative estimate of drug-likeness (QED) is 0.339. The van der Waals surface area contributed by atoms with E-state index in [4.69, 9.17) is 14.2 Å². The number of unbranched alkanes of at least 4 members (excludes halogenated alkanes) is 1. The second-order valence-corrected chi connectivity index (χ2v) is 9.10. The maximum Gasteiger partial charge on any atom is 0.305 e. The lowest BCUT2D eigenvalue weighted by Gasteiger charge is -2.31. The highest BCUT2D eigenvalue weighted by molar-refractivity contribution is 5.70. The van der Waals surface area contributed by atoms with Crippen molar-refractivity contribution in [2.75, 3.05) is 13.2 Å². The summed E-state index contributed by atoms with van der Waals surface area (Å²) in [5.74, 6) is 2.21. The maximum absolute atomic E-state index is 11.9. The number of hydrogen-bond acceptors (Lipinski definition) is 5. The van der Waals surface area contributed by atoms with Gasteiger partial charge in [-0.1, -0.05) is 20.3 Å². The molecule has 3 rings (SSSR count). The molecule has 0 aromatic carbocycles. The van der Waals surface area contributed by atoms with E-state index in [0.29, 0.717) is 62.9 Å². The lowest BCUT2D eigenvalue weighted by Crippen LogP contribution is -2.25. The van der Waals surface area contributed by atoms with E-state index >= 15 is 0 Å². The zero-order valence-corrected chi connectivity index (χ0v) is 17.0. The smallest absolute Gasteiger partial charge is 0.305 e. The van der Waals surface area contributed by atoms with Crippen LogP contribution in [0.3, 0.4) is 0 Å². The van der Waals surface area contributed by atoms with Crippen molar-refractivity contribution in [3.8, 4) is 0 Å². The molecular weight excluding hydrogens is 344 g/mol. The van der Waals surface area contributed by atoms with Crippen LogP contribution in [0.15, 0.2) is 0 Å². The van der Waals surface area contributed by atoms with Crippen LogP contribution in [0.5, 0.6) is 0 Å². The van der Waals surface area contributed by atoms with Gasteiger partial charge >= 0.3 is 11.9 Å². The third-order valence-electron chi connectivity index (χ3n) is 6.79. The van der Waals surface area contributed by atoms with Gasteiger partial charge in [0.25, 0.3) is 0 Å². The first kappa shape index (κ1) is 20.6. The van der Waals surface area contributed by atoms with Crippen molar-refractivity contribution in [3.05, 3.63) is 0 Å². The summed E-state index contributed by atoms with van der Waals surface area (Å²) in [6, 6.07) is 0. The fourth-order valence-corrected chi connectivity index (χ4v) is 4.55. The van der Waals surface area contributed by atoms with Crippen LogP contribution in [0.4, 0.5) is 0 Å². The van der Waals surface area contributed by atoms with E-state index < -0.39 is 0 Å². The highest BCUT2D eigenvalue weighted by Gasteiger charge is 2.43. The molecule has 0 bridgehead atoms. The maximum atomic E-state index is 11.9. The lowest BCUT2D eigenvalue weighted by atomic mass is 9.76. The third-order valence-corrected chi connectivity index (χ3v) is 6.79. The molecule has 1 aliphatic heterocycles. The highest BCUT2D eigenvalue weighted by atomic mass is 16.6. The Bertz CT molecular complexity index is 505. The molecule has 0 aromatic heterocycles. The standard InChI is InChI=1S/C22H36O5/c1-15-7-8-17(11-16(15)2)13-25-21(23)5-3-4-6-22(24)26-14-18-9-10-19-20(12-18)27-19/h15-20H,3-14H2,1-2H3. The Balaban J connectivity index is 1.17. The fraction of sp³-hybridized carbons (Fsp3) is 0.909. The minimum absolute atomic E-state index is 0.129. The van der Waals surface area contributed by atoms with Gasteiger partial charge in [0.15, 0.2) is 0 Å². The molecular formula is C22H36O5. The number of rotatable bonds is 9. The minimum Gasteiger partial charge on any atom is -0.465 e. The number of carbonyl (C=O) groups is 2. The molecule has 0 aromatic rings. The Labute approximate surface area is 163 Å². The van der Waals surface area contributed by atoms with Gasteiger partial charge in [-0.2, -0.15) is 0 Å². The van der Waals surface area contributed by atoms with Gasteiger partial charge in [0, 0.05) is 12.8 Å². The van der Waals surface area contributed by atoms with Crippen LogP contribution in [-0.2, 0) is 23.8 Å². The average Bonchev–Trinajstić information content (AvgIpc) is 3.43. The van der Waals surface area contributed by atoms with E-state index in [2.05, 4.69) is 13.8 Å². The van der Waals surface area contributed by atoms with Crippen molar-refractivity contribution < 1.29 is 23.8 Å². The Morgan fingerprint density at radius 2 is 1.37 bits per heavy atom. The predicted octanol–water partition coefficient (Wildman–Crippen LogP) is 4.27. The monoisotopic (exact) mass is 380 g/mol. The Kier molecular flexibility index (Phi) is 7.57. The van der Waals surface area contributed by atoms with Crippen LogP contribution >= 0.6 is 0 Å². The Morgan fingerprint density at radius 3 is 1.96 bits per heavy atom. The second kappa shape index (κ2) is 9.90. The lowest BCUT2D eigenvalue weighted by molar-refractivity contribution is -0.147. The van der Waals surface area contributed by atoms with E-state index in [-0.39, 0.29) is 11.9 Å². The number of carbonyl (C=O) groups excluding carboxylic acids is 2. The molecule has 6 atom stereocenters. The van der Waals surface area contributed by atoms with E-state index in [1.54, 1.807) is 0 Å². The van der Waals surface area contributed by atoms with Crippen molar-refractivity contribution in [2.24, 2.45) is 23.7 Å². The van der Waals surface area contributed by atoms with Crippen LogP contribution in [-0.4, -0.2) is 37.4 Å². The number of ether oxygens (including phenoxy) is 3. The van der Waals surface area contributed by atoms with Crippen LogP contribution in [0, 0.1) is 23.7 Å². The molecule has 5 nitrogen and oxygen atoms in total. The summed E-state index contributed by atoms with van der Waals surface area (Å²) in [7, 11) is 0. The predicted molar refractivity (Wildman–Crippen MR) is 102 cm³/mol. The van der Waals surface area contributed by atoms with Crippen molar-refractivity contribution in [1.82, 2.24) is 0 Å². The largest absolute Gasteiger partial charge is 0.465 e. The van der Waals surface area contributed by atoms with Crippen LogP contribution in [0.25, 0.3) is 0 Å². The van der Waals surface area contributed by atoms with E-state index in [1.165, 1.54) is 12.8 Å². The van der Waals surface area contributed by atoms with E-state index in [1.807, 2.05) is 0 Å². The molecule has 0 N–H and O–H groups in total. The van der Waals surface area contributed by atoms with Crippen LogP contribution in [0.1, 0.15) is 78.1 Å². The van der Waals surface area contributed by atoms with Gasteiger partial charge in [0.2, 0.25) is 0 Å². The van der Waals surface area contributed by atoms with Gasteiger partial charge in [-0.15, -0.1) is 0 Å². The average molecular weight is 381 g/mol. The molecule has 3 fully saturated rings. The minimum atomic E-state index is -0.146. The van der Waals surface area contributed by atoms with Crippen molar-refractivity contribution in [3.63, 3.8) is 0 Å². The number of hydrogen-bond donors (Lipinski definition) is 0. The van der Waals surface area contributed by atoms with Crippen LogP contribution < -0.4 is 0 Å². The molecule has 2 saturated carbocycles. The first-order valence-electron chi connectivity index (χ1n) is 11.0. The highest BCUT2D eigenvalue weighted by Crippen LogP contribution is 2.39. The molecule has 0 amide bonds. The summed E-state index contributed by atoms with van der Waals surface area (Å²) in [6.07, 6.45) is 9.87. The summed E-state index contributed by atoms with van der Waals surface area (Å²) in [5, 5.41) is 0. The topological polar surface area (TPSA) is 65.1 Å². The summed E-state index contributed by atoms with van der Waals surface area (Å²) in [5.41, 5.74) is 0. The Morgan fingerprint density at radius 1 is 0.778 bits per heavy atom. The molecule has 0 radical (unpaired) electrons. The molecule has 154 valence electrons.